The van der Waals surface area contributed by atoms with E-state index in [9.17, 15) is 4.79 Å². The molecular formula is C16H23NO4. The minimum atomic E-state index is -0.720. The first kappa shape index (κ1) is 15.6. The van der Waals surface area contributed by atoms with Crippen LogP contribution in [0.3, 0.4) is 0 Å². The van der Waals surface area contributed by atoms with Crippen LogP contribution in [0, 0.1) is 0 Å². The van der Waals surface area contributed by atoms with E-state index < -0.39 is 5.54 Å². The summed E-state index contributed by atoms with van der Waals surface area (Å²) in [5, 5.41) is 3.35. The molecular weight excluding hydrogens is 270 g/mol. The van der Waals surface area contributed by atoms with Crippen LogP contribution in [0.25, 0.3) is 0 Å². The molecule has 1 aliphatic rings. The Morgan fingerprint density at radius 3 is 2.52 bits per heavy atom. The molecule has 0 heterocycles. The third-order valence-corrected chi connectivity index (χ3v) is 4.09. The summed E-state index contributed by atoms with van der Waals surface area (Å²) in [6.45, 7) is 0. The van der Waals surface area contributed by atoms with Crippen LogP contribution in [-0.2, 0) is 14.3 Å². The minimum absolute atomic E-state index is 0.0728. The molecule has 5 heteroatoms. The SMILES string of the molecule is COC(=O)C1(Nc2ccc(OC)cc2)CCCC(OC)C1. The topological polar surface area (TPSA) is 56.8 Å². The Labute approximate surface area is 125 Å². The molecule has 2 unspecified atom stereocenters. The number of methoxy groups -OCH3 is 3. The lowest BCUT2D eigenvalue weighted by atomic mass is 9.79. The molecule has 2 atom stereocenters. The van der Waals surface area contributed by atoms with Gasteiger partial charge in [-0.15, -0.1) is 0 Å². The molecule has 0 aromatic heterocycles. The molecule has 1 saturated carbocycles. The summed E-state index contributed by atoms with van der Waals surface area (Å²) < 4.78 is 15.6. The molecule has 116 valence electrons. The normalized spacial score (nSPS) is 25.2. The predicted octanol–water partition coefficient (Wildman–Crippen LogP) is 2.61. The van der Waals surface area contributed by atoms with Crippen molar-refractivity contribution in [2.24, 2.45) is 0 Å². The summed E-state index contributed by atoms with van der Waals surface area (Å²) in [5.74, 6) is 0.547. The third kappa shape index (κ3) is 3.47. The molecule has 0 spiro atoms. The van der Waals surface area contributed by atoms with E-state index in [4.69, 9.17) is 14.2 Å². The summed E-state index contributed by atoms with van der Waals surface area (Å²) in [6.07, 6.45) is 3.33. The Balaban J connectivity index is 2.21. The Morgan fingerprint density at radius 1 is 1.24 bits per heavy atom. The zero-order chi connectivity index (χ0) is 15.3. The van der Waals surface area contributed by atoms with Gasteiger partial charge in [-0.3, -0.25) is 0 Å². The minimum Gasteiger partial charge on any atom is -0.497 e. The third-order valence-electron chi connectivity index (χ3n) is 4.09. The second-order valence-corrected chi connectivity index (χ2v) is 5.38. The fourth-order valence-corrected chi connectivity index (χ4v) is 2.92. The second-order valence-electron chi connectivity index (χ2n) is 5.38. The van der Waals surface area contributed by atoms with Crippen molar-refractivity contribution in [2.75, 3.05) is 26.6 Å². The Bertz CT molecular complexity index is 474. The average Bonchev–Trinajstić information content (AvgIpc) is 2.54. The maximum absolute atomic E-state index is 12.3. The van der Waals surface area contributed by atoms with E-state index in [-0.39, 0.29) is 12.1 Å². The van der Waals surface area contributed by atoms with E-state index in [2.05, 4.69) is 5.32 Å². The van der Waals surface area contributed by atoms with Gasteiger partial charge >= 0.3 is 5.97 Å². The number of carbonyl (C=O) groups is 1. The van der Waals surface area contributed by atoms with Gasteiger partial charge in [0.1, 0.15) is 11.3 Å². The smallest absolute Gasteiger partial charge is 0.331 e. The summed E-state index contributed by atoms with van der Waals surface area (Å²) >= 11 is 0. The highest BCUT2D eigenvalue weighted by Gasteiger charge is 2.44. The van der Waals surface area contributed by atoms with E-state index in [1.54, 1.807) is 14.2 Å². The molecule has 0 bridgehead atoms. The predicted molar refractivity (Wildman–Crippen MR) is 80.6 cm³/mol. The van der Waals surface area contributed by atoms with Crippen molar-refractivity contribution < 1.29 is 19.0 Å². The van der Waals surface area contributed by atoms with Gasteiger partial charge in [0.05, 0.1) is 20.3 Å². The molecule has 2 rings (SSSR count). The zero-order valence-electron chi connectivity index (χ0n) is 12.8. The molecule has 0 aliphatic heterocycles. The maximum atomic E-state index is 12.3. The second kappa shape index (κ2) is 6.80. The van der Waals surface area contributed by atoms with Gasteiger partial charge in [-0.1, -0.05) is 0 Å². The van der Waals surface area contributed by atoms with Crippen LogP contribution in [0.4, 0.5) is 5.69 Å². The fraction of sp³-hybridized carbons (Fsp3) is 0.562. The summed E-state index contributed by atoms with van der Waals surface area (Å²) in [5.41, 5.74) is 0.153. The van der Waals surface area contributed by atoms with Crippen molar-refractivity contribution in [3.8, 4) is 5.75 Å². The van der Waals surface area contributed by atoms with E-state index in [0.29, 0.717) is 6.42 Å². The number of hydrogen-bond acceptors (Lipinski definition) is 5. The number of nitrogens with one attached hydrogen (secondary N) is 1. The molecule has 21 heavy (non-hydrogen) atoms. The molecule has 0 radical (unpaired) electrons. The highest BCUT2D eigenvalue weighted by Crippen LogP contribution is 2.34. The molecule has 5 nitrogen and oxygen atoms in total. The molecule has 1 fully saturated rings. The van der Waals surface area contributed by atoms with Gasteiger partial charge in [-0.25, -0.2) is 4.79 Å². The summed E-state index contributed by atoms with van der Waals surface area (Å²) in [7, 11) is 4.74. The molecule has 0 saturated heterocycles. The first-order chi connectivity index (χ1) is 10.1. The first-order valence-electron chi connectivity index (χ1n) is 7.17. The highest BCUT2D eigenvalue weighted by molar-refractivity contribution is 5.84. The molecule has 1 aromatic rings. The van der Waals surface area contributed by atoms with Crippen molar-refractivity contribution in [1.29, 1.82) is 0 Å². The molecule has 1 N–H and O–H groups in total. The summed E-state index contributed by atoms with van der Waals surface area (Å²) in [6, 6.07) is 7.54. The standard InChI is InChI=1S/C16H23NO4/c1-19-13-8-6-12(7-9-13)17-16(15(18)21-3)10-4-5-14(11-16)20-2/h6-9,14,17H,4-5,10-11H2,1-3H3. The Morgan fingerprint density at radius 2 is 1.95 bits per heavy atom. The first-order valence-corrected chi connectivity index (χ1v) is 7.17. The number of benzene rings is 1. The van der Waals surface area contributed by atoms with Gasteiger partial charge in [0.2, 0.25) is 0 Å². The Kier molecular flexibility index (Phi) is 5.07. The van der Waals surface area contributed by atoms with Gasteiger partial charge in [-0.05, 0) is 43.5 Å². The number of esters is 1. The average molecular weight is 293 g/mol. The Hall–Kier alpha value is -1.75. The summed E-state index contributed by atoms with van der Waals surface area (Å²) in [4.78, 5) is 12.3. The van der Waals surface area contributed by atoms with E-state index in [1.165, 1.54) is 7.11 Å². The molecule has 0 amide bonds. The maximum Gasteiger partial charge on any atom is 0.331 e. The lowest BCUT2D eigenvalue weighted by molar-refractivity contribution is -0.149. The fourth-order valence-electron chi connectivity index (χ4n) is 2.92. The van der Waals surface area contributed by atoms with E-state index in [0.717, 1.165) is 30.7 Å². The number of carbonyl (C=O) groups excluding carboxylic acids is 1. The quantitative estimate of drug-likeness (QED) is 0.846. The number of rotatable bonds is 5. The van der Waals surface area contributed by atoms with Crippen LogP contribution in [0.5, 0.6) is 5.75 Å². The number of ether oxygens (including phenoxy) is 3. The van der Waals surface area contributed by atoms with E-state index in [1.807, 2.05) is 24.3 Å². The van der Waals surface area contributed by atoms with Crippen LogP contribution in [-0.4, -0.2) is 38.9 Å². The van der Waals surface area contributed by atoms with Gasteiger partial charge in [-0.2, -0.15) is 0 Å². The van der Waals surface area contributed by atoms with Crippen LogP contribution in [0.2, 0.25) is 0 Å². The van der Waals surface area contributed by atoms with Crippen molar-refractivity contribution in [1.82, 2.24) is 0 Å². The van der Waals surface area contributed by atoms with Crippen LogP contribution >= 0.6 is 0 Å². The van der Waals surface area contributed by atoms with Crippen molar-refractivity contribution in [2.45, 2.75) is 37.3 Å². The van der Waals surface area contributed by atoms with Crippen molar-refractivity contribution >= 4 is 11.7 Å². The van der Waals surface area contributed by atoms with Crippen LogP contribution in [0.15, 0.2) is 24.3 Å². The number of anilines is 1. The van der Waals surface area contributed by atoms with Gasteiger partial charge in [0, 0.05) is 19.2 Å². The van der Waals surface area contributed by atoms with E-state index >= 15 is 0 Å². The van der Waals surface area contributed by atoms with Crippen LogP contribution in [0.1, 0.15) is 25.7 Å². The molecule has 1 aliphatic carbocycles. The molecule has 1 aromatic carbocycles. The van der Waals surface area contributed by atoms with Gasteiger partial charge in [0.25, 0.3) is 0 Å². The van der Waals surface area contributed by atoms with Gasteiger partial charge in [0.15, 0.2) is 0 Å². The zero-order valence-corrected chi connectivity index (χ0v) is 12.8. The lowest BCUT2D eigenvalue weighted by Gasteiger charge is -2.39. The monoisotopic (exact) mass is 293 g/mol. The highest BCUT2D eigenvalue weighted by atomic mass is 16.5. The largest absolute Gasteiger partial charge is 0.497 e. The van der Waals surface area contributed by atoms with Gasteiger partial charge < -0.3 is 19.5 Å². The van der Waals surface area contributed by atoms with Crippen LogP contribution < -0.4 is 10.1 Å². The van der Waals surface area contributed by atoms with Crippen molar-refractivity contribution in [3.05, 3.63) is 24.3 Å². The lowest BCUT2D eigenvalue weighted by Crippen LogP contribution is -2.52. The van der Waals surface area contributed by atoms with Crippen molar-refractivity contribution in [3.63, 3.8) is 0 Å². The number of hydrogen-bond donors (Lipinski definition) is 1.